The molecular weight excluding hydrogens is 370 g/mol. The highest BCUT2D eigenvalue weighted by molar-refractivity contribution is 5.70. The molecule has 0 aliphatic carbocycles. The van der Waals surface area contributed by atoms with Crippen molar-refractivity contribution in [3.8, 4) is 18.1 Å². The van der Waals surface area contributed by atoms with E-state index in [4.69, 9.17) is 25.4 Å². The largest absolute Gasteiger partial charge is 0.463 e. The number of nitrogens with zero attached hydrogens (tertiary/aromatic N) is 1. The van der Waals surface area contributed by atoms with Crippen molar-refractivity contribution in [1.29, 1.82) is 0 Å². The number of carbonyl (C=O) groups excluding carboxylic acids is 1. The summed E-state index contributed by atoms with van der Waals surface area (Å²) in [4.78, 5) is 14.3. The Labute approximate surface area is 173 Å². The van der Waals surface area contributed by atoms with Crippen LogP contribution in [0.2, 0.25) is 0 Å². The van der Waals surface area contributed by atoms with Gasteiger partial charge in [-0.05, 0) is 30.5 Å². The molecule has 158 valence electrons. The molecule has 1 unspecified atom stereocenters. The van der Waals surface area contributed by atoms with Gasteiger partial charge in [0.1, 0.15) is 18.1 Å². The molecule has 2 aliphatic rings. The van der Waals surface area contributed by atoms with Crippen molar-refractivity contribution in [3.05, 3.63) is 29.3 Å². The summed E-state index contributed by atoms with van der Waals surface area (Å²) in [6.45, 7) is 7.29. The Morgan fingerprint density at radius 3 is 2.97 bits per heavy atom. The molecule has 29 heavy (non-hydrogen) atoms. The molecule has 2 atom stereocenters. The molecule has 6 nitrogen and oxygen atoms in total. The molecule has 1 aromatic carbocycles. The Hall–Kier alpha value is -2.23. The van der Waals surface area contributed by atoms with Crippen LogP contribution in [0.5, 0.6) is 5.75 Å². The highest BCUT2D eigenvalue weighted by Crippen LogP contribution is 2.36. The summed E-state index contributed by atoms with van der Waals surface area (Å²) in [5.41, 5.74) is 1.89. The van der Waals surface area contributed by atoms with Crippen LogP contribution in [0.25, 0.3) is 0 Å². The van der Waals surface area contributed by atoms with E-state index in [0.29, 0.717) is 26.2 Å². The first-order chi connectivity index (χ1) is 13.9. The van der Waals surface area contributed by atoms with Gasteiger partial charge in [-0.15, -0.1) is 12.3 Å². The van der Waals surface area contributed by atoms with Crippen molar-refractivity contribution in [1.82, 2.24) is 4.90 Å². The maximum atomic E-state index is 12.6. The summed E-state index contributed by atoms with van der Waals surface area (Å²) >= 11 is 0. The summed E-state index contributed by atoms with van der Waals surface area (Å²) in [6, 6.07) is 5.87. The molecule has 1 aromatic rings. The van der Waals surface area contributed by atoms with Crippen LogP contribution in [0.4, 0.5) is 4.79 Å². The van der Waals surface area contributed by atoms with E-state index < -0.39 is 5.79 Å². The van der Waals surface area contributed by atoms with Crippen LogP contribution >= 0.6 is 0 Å². The van der Waals surface area contributed by atoms with E-state index in [9.17, 15) is 4.79 Å². The van der Waals surface area contributed by atoms with Gasteiger partial charge in [0.25, 0.3) is 0 Å². The molecule has 2 heterocycles. The second-order valence-corrected chi connectivity index (χ2v) is 7.96. The van der Waals surface area contributed by atoms with Gasteiger partial charge in [-0.3, -0.25) is 4.90 Å². The molecule has 3 rings (SSSR count). The van der Waals surface area contributed by atoms with Gasteiger partial charge in [-0.1, -0.05) is 25.8 Å². The monoisotopic (exact) mass is 401 g/mol. The maximum Gasteiger partial charge on any atom is 0.412 e. The van der Waals surface area contributed by atoms with E-state index in [-0.39, 0.29) is 18.4 Å². The van der Waals surface area contributed by atoms with Crippen molar-refractivity contribution in [2.24, 2.45) is 0 Å². The molecular formula is C23H31NO5. The summed E-state index contributed by atoms with van der Waals surface area (Å²) in [5.74, 6) is 2.75. The molecule has 1 amide bonds. The Morgan fingerprint density at radius 1 is 1.38 bits per heavy atom. The first-order valence-corrected chi connectivity index (χ1v) is 10.4. The van der Waals surface area contributed by atoms with Crippen LogP contribution in [0.1, 0.15) is 70.1 Å². The minimum Gasteiger partial charge on any atom is -0.463 e. The maximum absolute atomic E-state index is 12.6. The SMILES string of the molecule is C#CCCOC(CCCCC)N1C[C@@H](c2ccc3c(c2)COC(C)(C)O3)OC1=O. The van der Waals surface area contributed by atoms with Crippen molar-refractivity contribution < 1.29 is 23.7 Å². The van der Waals surface area contributed by atoms with E-state index in [1.807, 2.05) is 32.0 Å². The predicted octanol–water partition coefficient (Wildman–Crippen LogP) is 4.77. The van der Waals surface area contributed by atoms with Crippen molar-refractivity contribution in [3.63, 3.8) is 0 Å². The van der Waals surface area contributed by atoms with Crippen LogP contribution in [-0.2, 0) is 20.8 Å². The highest BCUT2D eigenvalue weighted by atomic mass is 16.7. The minimum atomic E-state index is -0.632. The molecule has 0 radical (unpaired) electrons. The number of benzene rings is 1. The van der Waals surface area contributed by atoms with Crippen LogP contribution in [0.3, 0.4) is 0 Å². The van der Waals surface area contributed by atoms with E-state index in [1.165, 1.54) is 0 Å². The molecule has 0 N–H and O–H groups in total. The first-order valence-electron chi connectivity index (χ1n) is 10.4. The molecule has 0 spiro atoms. The van der Waals surface area contributed by atoms with E-state index in [1.54, 1.807) is 4.90 Å². The Bertz CT molecular complexity index is 754. The summed E-state index contributed by atoms with van der Waals surface area (Å²) in [5, 5.41) is 0. The summed E-state index contributed by atoms with van der Waals surface area (Å²) in [7, 11) is 0. The summed E-state index contributed by atoms with van der Waals surface area (Å²) in [6.07, 6.45) is 8.85. The smallest absolute Gasteiger partial charge is 0.412 e. The zero-order valence-corrected chi connectivity index (χ0v) is 17.6. The average molecular weight is 402 g/mol. The van der Waals surface area contributed by atoms with Crippen LogP contribution in [0.15, 0.2) is 18.2 Å². The Balaban J connectivity index is 1.68. The number of terminal acetylenes is 1. The van der Waals surface area contributed by atoms with Crippen molar-refractivity contribution in [2.75, 3.05) is 13.2 Å². The molecule has 0 saturated carbocycles. The second kappa shape index (κ2) is 9.51. The number of cyclic esters (lactones) is 1. The topological polar surface area (TPSA) is 57.2 Å². The molecule has 0 bridgehead atoms. The lowest BCUT2D eigenvalue weighted by Crippen LogP contribution is -2.38. The minimum absolute atomic E-state index is 0.308. The predicted molar refractivity (Wildman–Crippen MR) is 109 cm³/mol. The van der Waals surface area contributed by atoms with Crippen LogP contribution in [-0.4, -0.2) is 36.2 Å². The van der Waals surface area contributed by atoms with Gasteiger partial charge in [-0.2, -0.15) is 0 Å². The van der Waals surface area contributed by atoms with E-state index in [0.717, 1.165) is 42.6 Å². The van der Waals surface area contributed by atoms with Crippen LogP contribution < -0.4 is 4.74 Å². The van der Waals surface area contributed by atoms with E-state index >= 15 is 0 Å². The van der Waals surface area contributed by atoms with Gasteiger partial charge >= 0.3 is 6.09 Å². The third-order valence-electron chi connectivity index (χ3n) is 5.19. The standard InChI is InChI=1S/C23H31NO5/c1-5-7-9-10-21(26-13-8-6-2)24-15-20(28-22(24)25)17-11-12-19-18(14-17)16-27-23(3,4)29-19/h2,11-12,14,20-21H,5,7-10,13,15-16H2,1,3-4H3/t20-,21?/m0/s1. The average Bonchev–Trinajstić information content (AvgIpc) is 3.07. The van der Waals surface area contributed by atoms with Gasteiger partial charge < -0.3 is 18.9 Å². The van der Waals surface area contributed by atoms with Gasteiger partial charge in [0, 0.05) is 25.8 Å². The fourth-order valence-corrected chi connectivity index (χ4v) is 3.60. The van der Waals surface area contributed by atoms with Gasteiger partial charge in [0.05, 0.1) is 19.8 Å². The molecule has 1 saturated heterocycles. The lowest BCUT2D eigenvalue weighted by Gasteiger charge is -2.32. The van der Waals surface area contributed by atoms with Crippen molar-refractivity contribution in [2.45, 2.75) is 77.6 Å². The Kier molecular flexibility index (Phi) is 7.05. The number of ether oxygens (including phenoxy) is 4. The van der Waals surface area contributed by atoms with Gasteiger partial charge in [0.2, 0.25) is 5.79 Å². The third kappa shape index (κ3) is 5.43. The molecule has 2 aliphatic heterocycles. The van der Waals surface area contributed by atoms with E-state index in [2.05, 4.69) is 12.8 Å². The van der Waals surface area contributed by atoms with Crippen molar-refractivity contribution >= 4 is 6.09 Å². The lowest BCUT2D eigenvalue weighted by molar-refractivity contribution is -0.180. The lowest BCUT2D eigenvalue weighted by atomic mass is 10.0. The number of hydrogen-bond donors (Lipinski definition) is 0. The van der Waals surface area contributed by atoms with Crippen LogP contribution in [0, 0.1) is 12.3 Å². The third-order valence-corrected chi connectivity index (χ3v) is 5.19. The zero-order chi connectivity index (χ0) is 20.9. The fraction of sp³-hybridized carbons (Fsp3) is 0.609. The first kappa shape index (κ1) is 21.5. The van der Waals surface area contributed by atoms with Gasteiger partial charge in [0.15, 0.2) is 0 Å². The number of amides is 1. The number of hydrogen-bond acceptors (Lipinski definition) is 5. The summed E-state index contributed by atoms with van der Waals surface area (Å²) < 4.78 is 23.2. The number of carbonyl (C=O) groups is 1. The van der Waals surface area contributed by atoms with Gasteiger partial charge in [-0.25, -0.2) is 4.79 Å². The molecule has 0 aromatic heterocycles. The quantitative estimate of drug-likeness (QED) is 0.441. The second-order valence-electron chi connectivity index (χ2n) is 7.96. The normalized spacial score (nSPS) is 21.1. The Morgan fingerprint density at radius 2 is 2.21 bits per heavy atom. The molecule has 6 heteroatoms. The fourth-order valence-electron chi connectivity index (χ4n) is 3.60. The molecule has 1 fully saturated rings. The number of unbranched alkanes of at least 4 members (excludes halogenated alkanes) is 2. The number of rotatable bonds is 9. The highest BCUT2D eigenvalue weighted by Gasteiger charge is 2.38. The number of fused-ring (bicyclic) bond motifs is 1. The zero-order valence-electron chi connectivity index (χ0n) is 17.6.